The van der Waals surface area contributed by atoms with Crippen molar-refractivity contribution in [2.75, 3.05) is 11.1 Å². The number of nitrogens with one attached hydrogen (secondary N) is 1. The van der Waals surface area contributed by atoms with E-state index in [1.54, 1.807) is 0 Å². The topological polar surface area (TPSA) is 68.0 Å². The molecule has 2 aromatic rings. The Morgan fingerprint density at radius 2 is 2.13 bits per heavy atom. The molecule has 0 spiro atoms. The number of hydrogen-bond acceptors (Lipinski definition) is 5. The fraction of sp³-hybridized carbons (Fsp3) is 0.471. The van der Waals surface area contributed by atoms with E-state index in [-0.39, 0.29) is 11.7 Å². The molecular formula is C17H21N3O2S. The molecule has 1 fully saturated rings. The molecule has 5 nitrogen and oxygen atoms in total. The van der Waals surface area contributed by atoms with Gasteiger partial charge in [0.15, 0.2) is 0 Å². The zero-order valence-electron chi connectivity index (χ0n) is 13.2. The van der Waals surface area contributed by atoms with Crippen LogP contribution in [0.25, 0.3) is 0 Å². The highest BCUT2D eigenvalue weighted by Crippen LogP contribution is 2.32. The second kappa shape index (κ2) is 7.64. The third-order valence-electron chi connectivity index (χ3n) is 4.01. The maximum Gasteiger partial charge on any atom is 0.277 e. The summed E-state index contributed by atoms with van der Waals surface area (Å²) >= 11 is 1.28. The van der Waals surface area contributed by atoms with E-state index in [1.807, 2.05) is 31.2 Å². The summed E-state index contributed by atoms with van der Waals surface area (Å²) in [6.45, 7) is 2.00. The normalized spacial score (nSPS) is 15.5. The molecule has 6 heteroatoms. The van der Waals surface area contributed by atoms with Crippen LogP contribution in [0.5, 0.6) is 0 Å². The Bertz CT molecular complexity index is 665. The molecule has 23 heavy (non-hydrogen) atoms. The van der Waals surface area contributed by atoms with Gasteiger partial charge in [0.1, 0.15) is 0 Å². The fourth-order valence-electron chi connectivity index (χ4n) is 2.84. The van der Waals surface area contributed by atoms with E-state index in [2.05, 4.69) is 15.5 Å². The smallest absolute Gasteiger partial charge is 0.277 e. The minimum Gasteiger partial charge on any atom is -0.416 e. The maximum atomic E-state index is 12.0. The number of nitrogens with zero attached hydrogens (tertiary/aromatic N) is 2. The molecule has 0 aliphatic heterocycles. The number of hydrogen-bond donors (Lipinski definition) is 1. The van der Waals surface area contributed by atoms with Crippen LogP contribution in [0.3, 0.4) is 0 Å². The van der Waals surface area contributed by atoms with Gasteiger partial charge in [-0.25, -0.2) is 0 Å². The number of aryl methyl sites for hydroxylation is 1. The molecule has 0 bridgehead atoms. The molecule has 122 valence electrons. The molecule has 1 N–H and O–H groups in total. The number of aromatic nitrogens is 2. The molecule has 1 amide bonds. The van der Waals surface area contributed by atoms with Crippen LogP contribution in [0.4, 0.5) is 5.69 Å². The molecule has 3 rings (SSSR count). The van der Waals surface area contributed by atoms with Gasteiger partial charge in [0.05, 0.1) is 5.75 Å². The maximum absolute atomic E-state index is 12.0. The van der Waals surface area contributed by atoms with Gasteiger partial charge >= 0.3 is 0 Å². The number of carbonyl (C=O) groups excluding carboxylic acids is 1. The first-order chi connectivity index (χ1) is 11.2. The van der Waals surface area contributed by atoms with E-state index in [4.69, 9.17) is 4.42 Å². The summed E-state index contributed by atoms with van der Waals surface area (Å²) in [5, 5.41) is 11.5. The van der Waals surface area contributed by atoms with Crippen molar-refractivity contribution in [3.63, 3.8) is 0 Å². The lowest BCUT2D eigenvalue weighted by atomic mass is 9.89. The Morgan fingerprint density at radius 1 is 1.30 bits per heavy atom. The Labute approximate surface area is 140 Å². The molecule has 1 aromatic carbocycles. The van der Waals surface area contributed by atoms with Crippen molar-refractivity contribution >= 4 is 23.4 Å². The van der Waals surface area contributed by atoms with Crippen LogP contribution in [0.15, 0.2) is 33.9 Å². The molecule has 1 aliphatic rings. The zero-order valence-corrected chi connectivity index (χ0v) is 14.1. The number of amides is 1. The van der Waals surface area contributed by atoms with E-state index in [0.717, 1.165) is 30.0 Å². The molecule has 0 unspecified atom stereocenters. The van der Waals surface area contributed by atoms with Crippen LogP contribution in [0, 0.1) is 6.92 Å². The number of thioether (sulfide) groups is 1. The third-order valence-corrected chi connectivity index (χ3v) is 4.82. The van der Waals surface area contributed by atoms with E-state index < -0.39 is 0 Å². The van der Waals surface area contributed by atoms with Crippen molar-refractivity contribution < 1.29 is 9.21 Å². The monoisotopic (exact) mass is 331 g/mol. The molecule has 1 heterocycles. The van der Waals surface area contributed by atoms with Gasteiger partial charge in [-0.05, 0) is 37.5 Å². The Balaban J connectivity index is 1.50. The number of rotatable bonds is 5. The molecule has 1 aliphatic carbocycles. The summed E-state index contributed by atoms with van der Waals surface area (Å²) in [4.78, 5) is 12.0. The van der Waals surface area contributed by atoms with E-state index in [0.29, 0.717) is 11.1 Å². The summed E-state index contributed by atoms with van der Waals surface area (Å²) in [6, 6.07) is 7.74. The Morgan fingerprint density at radius 3 is 2.91 bits per heavy atom. The molecule has 0 radical (unpaired) electrons. The summed E-state index contributed by atoms with van der Waals surface area (Å²) in [6.07, 6.45) is 6.01. The van der Waals surface area contributed by atoms with E-state index >= 15 is 0 Å². The van der Waals surface area contributed by atoms with E-state index in [9.17, 15) is 4.79 Å². The molecule has 1 aromatic heterocycles. The van der Waals surface area contributed by atoms with Gasteiger partial charge in [-0.2, -0.15) is 0 Å². The summed E-state index contributed by atoms with van der Waals surface area (Å²) in [5.41, 5.74) is 1.92. The van der Waals surface area contributed by atoms with Gasteiger partial charge in [0.2, 0.25) is 11.8 Å². The van der Waals surface area contributed by atoms with Crippen LogP contribution in [0.2, 0.25) is 0 Å². The van der Waals surface area contributed by atoms with Crippen molar-refractivity contribution in [1.29, 1.82) is 0 Å². The minimum atomic E-state index is -0.0713. The van der Waals surface area contributed by atoms with Gasteiger partial charge in [0, 0.05) is 11.6 Å². The summed E-state index contributed by atoms with van der Waals surface area (Å²) in [7, 11) is 0. The van der Waals surface area contributed by atoms with Crippen molar-refractivity contribution in [2.24, 2.45) is 0 Å². The van der Waals surface area contributed by atoms with Gasteiger partial charge in [-0.1, -0.05) is 43.2 Å². The van der Waals surface area contributed by atoms with Gasteiger partial charge < -0.3 is 9.73 Å². The fourth-order valence-corrected chi connectivity index (χ4v) is 3.41. The van der Waals surface area contributed by atoms with Crippen LogP contribution < -0.4 is 5.32 Å². The lowest BCUT2D eigenvalue weighted by Gasteiger charge is -2.17. The zero-order chi connectivity index (χ0) is 16.1. The second-order valence-electron chi connectivity index (χ2n) is 5.95. The lowest BCUT2D eigenvalue weighted by molar-refractivity contribution is -0.113. The highest BCUT2D eigenvalue weighted by atomic mass is 32.2. The van der Waals surface area contributed by atoms with Crippen LogP contribution in [0.1, 0.15) is 49.5 Å². The lowest BCUT2D eigenvalue weighted by Crippen LogP contribution is -2.13. The SMILES string of the molecule is Cc1cccc(NC(=O)CSc2nnc(C3CCCCC3)o2)c1. The highest BCUT2D eigenvalue weighted by Gasteiger charge is 2.21. The summed E-state index contributed by atoms with van der Waals surface area (Å²) < 4.78 is 5.70. The standard InChI is InChI=1S/C17H21N3O2S/c1-12-6-5-9-14(10-12)18-15(21)11-23-17-20-19-16(22-17)13-7-3-2-4-8-13/h5-6,9-10,13H,2-4,7-8,11H2,1H3,(H,18,21). The van der Waals surface area contributed by atoms with Gasteiger partial charge in [-0.15, -0.1) is 10.2 Å². The number of benzene rings is 1. The predicted molar refractivity (Wildman–Crippen MR) is 90.7 cm³/mol. The van der Waals surface area contributed by atoms with Gasteiger partial charge in [-0.3, -0.25) is 4.79 Å². The average Bonchev–Trinajstić information content (AvgIpc) is 3.03. The minimum absolute atomic E-state index is 0.0713. The Kier molecular flexibility index (Phi) is 5.33. The van der Waals surface area contributed by atoms with Crippen molar-refractivity contribution in [3.8, 4) is 0 Å². The first-order valence-corrected chi connectivity index (χ1v) is 9.02. The molecular weight excluding hydrogens is 310 g/mol. The largest absolute Gasteiger partial charge is 0.416 e. The van der Waals surface area contributed by atoms with Crippen molar-refractivity contribution in [2.45, 2.75) is 50.2 Å². The average molecular weight is 331 g/mol. The summed E-state index contributed by atoms with van der Waals surface area (Å²) in [5.74, 6) is 1.32. The van der Waals surface area contributed by atoms with Crippen molar-refractivity contribution in [3.05, 3.63) is 35.7 Å². The van der Waals surface area contributed by atoms with Crippen molar-refractivity contribution in [1.82, 2.24) is 10.2 Å². The number of anilines is 1. The molecule has 0 atom stereocenters. The first kappa shape index (κ1) is 16.1. The number of carbonyl (C=O) groups is 1. The van der Waals surface area contributed by atoms with Gasteiger partial charge in [0.25, 0.3) is 5.22 Å². The highest BCUT2D eigenvalue weighted by molar-refractivity contribution is 7.99. The van der Waals surface area contributed by atoms with Crippen LogP contribution in [-0.4, -0.2) is 21.9 Å². The molecule has 1 saturated carbocycles. The quantitative estimate of drug-likeness (QED) is 0.833. The van der Waals surface area contributed by atoms with Crippen LogP contribution >= 0.6 is 11.8 Å². The Hall–Kier alpha value is -1.82. The third kappa shape index (κ3) is 4.58. The second-order valence-corrected chi connectivity index (χ2v) is 6.87. The van der Waals surface area contributed by atoms with Crippen LogP contribution in [-0.2, 0) is 4.79 Å². The van der Waals surface area contributed by atoms with E-state index in [1.165, 1.54) is 31.0 Å². The molecule has 0 saturated heterocycles. The predicted octanol–water partition coefficient (Wildman–Crippen LogP) is 4.16. The first-order valence-electron chi connectivity index (χ1n) is 8.03.